The first-order valence-corrected chi connectivity index (χ1v) is 8.76. The third kappa shape index (κ3) is 3.59. The number of morpholine rings is 1. The summed E-state index contributed by atoms with van der Waals surface area (Å²) in [6, 6.07) is 9.08. The summed E-state index contributed by atoms with van der Waals surface area (Å²) in [6.07, 6.45) is 2.20. The SMILES string of the molecule is Cc1ccccc1CN1CC[C@@H]2OCC(=O)N(C(C)C)[C@H]2CC1. The molecular weight excluding hydrogens is 288 g/mol. The zero-order chi connectivity index (χ0) is 16.4. The van der Waals surface area contributed by atoms with Gasteiger partial charge in [0.05, 0.1) is 12.1 Å². The molecule has 0 unspecified atom stereocenters. The minimum absolute atomic E-state index is 0.147. The highest BCUT2D eigenvalue weighted by Crippen LogP contribution is 2.27. The van der Waals surface area contributed by atoms with Gasteiger partial charge < -0.3 is 9.64 Å². The van der Waals surface area contributed by atoms with Gasteiger partial charge >= 0.3 is 0 Å². The number of fused-ring (bicyclic) bond motifs is 1. The minimum atomic E-state index is 0.147. The van der Waals surface area contributed by atoms with Crippen molar-refractivity contribution in [2.24, 2.45) is 0 Å². The highest BCUT2D eigenvalue weighted by atomic mass is 16.5. The van der Waals surface area contributed by atoms with Crippen molar-refractivity contribution in [2.75, 3.05) is 19.7 Å². The number of rotatable bonds is 3. The first kappa shape index (κ1) is 16.5. The van der Waals surface area contributed by atoms with Gasteiger partial charge in [-0.25, -0.2) is 0 Å². The monoisotopic (exact) mass is 316 g/mol. The van der Waals surface area contributed by atoms with Crippen LogP contribution in [0.15, 0.2) is 24.3 Å². The van der Waals surface area contributed by atoms with Crippen LogP contribution in [0.5, 0.6) is 0 Å². The molecule has 4 nitrogen and oxygen atoms in total. The Morgan fingerprint density at radius 3 is 2.70 bits per heavy atom. The number of amides is 1. The Labute approximate surface area is 139 Å². The summed E-state index contributed by atoms with van der Waals surface area (Å²) < 4.78 is 5.86. The van der Waals surface area contributed by atoms with Crippen LogP contribution in [0, 0.1) is 6.92 Å². The number of carbonyl (C=O) groups excluding carboxylic acids is 1. The lowest BCUT2D eigenvalue weighted by molar-refractivity contribution is -0.160. The zero-order valence-corrected chi connectivity index (χ0v) is 14.5. The summed E-state index contributed by atoms with van der Waals surface area (Å²) in [5.41, 5.74) is 2.75. The topological polar surface area (TPSA) is 32.8 Å². The van der Waals surface area contributed by atoms with Crippen molar-refractivity contribution in [1.29, 1.82) is 0 Å². The van der Waals surface area contributed by atoms with E-state index in [2.05, 4.69) is 54.8 Å². The molecule has 0 bridgehead atoms. The van der Waals surface area contributed by atoms with Gasteiger partial charge in [0.25, 0.3) is 0 Å². The normalized spacial score (nSPS) is 26.3. The molecule has 2 aliphatic heterocycles. The number of ether oxygens (including phenoxy) is 1. The van der Waals surface area contributed by atoms with E-state index in [9.17, 15) is 4.79 Å². The second-order valence-corrected chi connectivity index (χ2v) is 7.09. The highest BCUT2D eigenvalue weighted by Gasteiger charge is 2.39. The van der Waals surface area contributed by atoms with Crippen LogP contribution in [0.3, 0.4) is 0 Å². The molecular formula is C19H28N2O2. The molecule has 2 heterocycles. The number of aryl methyl sites for hydroxylation is 1. The number of benzene rings is 1. The third-order valence-corrected chi connectivity index (χ3v) is 5.18. The van der Waals surface area contributed by atoms with E-state index in [4.69, 9.17) is 4.74 Å². The van der Waals surface area contributed by atoms with Gasteiger partial charge in [0.15, 0.2) is 0 Å². The maximum absolute atomic E-state index is 12.2. The van der Waals surface area contributed by atoms with E-state index in [0.29, 0.717) is 0 Å². The van der Waals surface area contributed by atoms with E-state index < -0.39 is 0 Å². The summed E-state index contributed by atoms with van der Waals surface area (Å²) in [7, 11) is 0. The van der Waals surface area contributed by atoms with Gasteiger partial charge in [-0.3, -0.25) is 9.69 Å². The highest BCUT2D eigenvalue weighted by molar-refractivity contribution is 5.78. The first-order valence-electron chi connectivity index (χ1n) is 8.76. The average Bonchev–Trinajstić information content (AvgIpc) is 2.72. The predicted octanol–water partition coefficient (Wildman–Crippen LogP) is 2.60. The van der Waals surface area contributed by atoms with Gasteiger partial charge in [0.2, 0.25) is 5.91 Å². The van der Waals surface area contributed by atoms with Crippen LogP contribution in [-0.2, 0) is 16.1 Å². The lowest BCUT2D eigenvalue weighted by Crippen LogP contribution is -2.56. The molecule has 2 saturated heterocycles. The largest absolute Gasteiger partial charge is 0.366 e. The van der Waals surface area contributed by atoms with Crippen LogP contribution in [0.2, 0.25) is 0 Å². The molecule has 0 N–H and O–H groups in total. The van der Waals surface area contributed by atoms with Crippen LogP contribution in [0.4, 0.5) is 0 Å². The van der Waals surface area contributed by atoms with Crippen molar-refractivity contribution in [1.82, 2.24) is 9.80 Å². The van der Waals surface area contributed by atoms with Crippen molar-refractivity contribution in [3.05, 3.63) is 35.4 Å². The quantitative estimate of drug-likeness (QED) is 0.859. The van der Waals surface area contributed by atoms with E-state index in [1.54, 1.807) is 0 Å². The lowest BCUT2D eigenvalue weighted by atomic mass is 10.0. The van der Waals surface area contributed by atoms with Gasteiger partial charge in [-0.1, -0.05) is 24.3 Å². The summed E-state index contributed by atoms with van der Waals surface area (Å²) in [5.74, 6) is 0.147. The Hall–Kier alpha value is -1.39. The zero-order valence-electron chi connectivity index (χ0n) is 14.5. The summed E-state index contributed by atoms with van der Waals surface area (Å²) in [4.78, 5) is 16.8. The Balaban J connectivity index is 1.69. The van der Waals surface area contributed by atoms with E-state index in [1.165, 1.54) is 11.1 Å². The predicted molar refractivity (Wildman–Crippen MR) is 91.2 cm³/mol. The van der Waals surface area contributed by atoms with Crippen LogP contribution < -0.4 is 0 Å². The Morgan fingerprint density at radius 2 is 1.96 bits per heavy atom. The standard InChI is InChI=1S/C19H28N2O2/c1-14(2)21-17-8-10-20(11-9-18(17)23-13-19(21)22)12-16-7-5-4-6-15(16)3/h4-7,14,17-18H,8-13H2,1-3H3/t17-,18-/m0/s1. The van der Waals surface area contributed by atoms with E-state index in [0.717, 1.165) is 32.5 Å². The molecule has 0 saturated carbocycles. The molecule has 126 valence electrons. The van der Waals surface area contributed by atoms with Crippen molar-refractivity contribution < 1.29 is 9.53 Å². The lowest BCUT2D eigenvalue weighted by Gasteiger charge is -2.42. The molecule has 3 rings (SSSR count). The molecule has 2 atom stereocenters. The maximum Gasteiger partial charge on any atom is 0.249 e. The maximum atomic E-state index is 12.2. The summed E-state index contributed by atoms with van der Waals surface area (Å²) >= 11 is 0. The molecule has 0 spiro atoms. The van der Waals surface area contributed by atoms with Gasteiger partial charge in [-0.2, -0.15) is 0 Å². The molecule has 1 aromatic carbocycles. The van der Waals surface area contributed by atoms with Crippen molar-refractivity contribution >= 4 is 5.91 Å². The van der Waals surface area contributed by atoms with Crippen molar-refractivity contribution in [3.63, 3.8) is 0 Å². The van der Waals surface area contributed by atoms with Crippen molar-refractivity contribution in [2.45, 2.75) is 58.3 Å². The van der Waals surface area contributed by atoms with Crippen LogP contribution in [-0.4, -0.2) is 53.6 Å². The molecule has 0 radical (unpaired) electrons. The minimum Gasteiger partial charge on any atom is -0.366 e. The smallest absolute Gasteiger partial charge is 0.249 e. The Bertz CT molecular complexity index is 558. The number of carbonyl (C=O) groups is 1. The summed E-state index contributed by atoms with van der Waals surface area (Å²) in [6.45, 7) is 9.69. The molecule has 0 aliphatic carbocycles. The molecule has 23 heavy (non-hydrogen) atoms. The van der Waals surface area contributed by atoms with Crippen molar-refractivity contribution in [3.8, 4) is 0 Å². The van der Waals surface area contributed by atoms with Gasteiger partial charge in [-0.15, -0.1) is 0 Å². The molecule has 1 amide bonds. The molecule has 2 fully saturated rings. The van der Waals surface area contributed by atoms with E-state index >= 15 is 0 Å². The number of hydrogen-bond acceptors (Lipinski definition) is 3. The number of hydrogen-bond donors (Lipinski definition) is 0. The van der Waals surface area contributed by atoms with Gasteiger partial charge in [-0.05, 0) is 44.7 Å². The van der Waals surface area contributed by atoms with Crippen LogP contribution >= 0.6 is 0 Å². The molecule has 4 heteroatoms. The second-order valence-electron chi connectivity index (χ2n) is 7.09. The van der Waals surface area contributed by atoms with Gasteiger partial charge in [0, 0.05) is 25.7 Å². The number of nitrogens with zero attached hydrogens (tertiary/aromatic N) is 2. The van der Waals surface area contributed by atoms with Crippen LogP contribution in [0.25, 0.3) is 0 Å². The fourth-order valence-corrected chi connectivity index (χ4v) is 3.92. The molecule has 1 aromatic rings. The Kier molecular flexibility index (Phi) is 5.02. The fourth-order valence-electron chi connectivity index (χ4n) is 3.92. The van der Waals surface area contributed by atoms with E-state index in [1.807, 2.05) is 0 Å². The third-order valence-electron chi connectivity index (χ3n) is 5.18. The molecule has 2 aliphatic rings. The van der Waals surface area contributed by atoms with Crippen LogP contribution in [0.1, 0.15) is 37.8 Å². The van der Waals surface area contributed by atoms with Gasteiger partial charge in [0.1, 0.15) is 6.61 Å². The first-order chi connectivity index (χ1) is 11.1. The summed E-state index contributed by atoms with van der Waals surface area (Å²) in [5, 5.41) is 0. The second kappa shape index (κ2) is 7.02. The fraction of sp³-hybridized carbons (Fsp3) is 0.632. The average molecular weight is 316 g/mol. The number of likely N-dealkylation sites (tertiary alicyclic amines) is 1. The van der Waals surface area contributed by atoms with E-state index in [-0.39, 0.29) is 30.7 Å². The molecule has 0 aromatic heterocycles. The Morgan fingerprint density at radius 1 is 1.22 bits per heavy atom.